The monoisotopic (exact) mass is 514 g/mol. The third-order valence-electron chi connectivity index (χ3n) is 2.70. The van der Waals surface area contributed by atoms with Crippen LogP contribution in [0.5, 0.6) is 0 Å². The van der Waals surface area contributed by atoms with Gasteiger partial charge in [-0.2, -0.15) is 11.8 Å². The number of carbonyl (C=O) groups is 1. The van der Waals surface area contributed by atoms with Gasteiger partial charge in [0.25, 0.3) is 5.91 Å². The van der Waals surface area contributed by atoms with Crippen LogP contribution in [0.3, 0.4) is 0 Å². The van der Waals surface area contributed by atoms with Crippen LogP contribution >= 0.6 is 51.7 Å². The first-order chi connectivity index (χ1) is 10.7. The van der Waals surface area contributed by atoms with Crippen molar-refractivity contribution in [2.45, 2.75) is 6.92 Å². The van der Waals surface area contributed by atoms with Crippen molar-refractivity contribution in [3.05, 3.63) is 34.3 Å². The van der Waals surface area contributed by atoms with Crippen molar-refractivity contribution in [1.29, 1.82) is 0 Å². The van der Waals surface area contributed by atoms with Gasteiger partial charge in [0.15, 0.2) is 5.96 Å². The molecular formula is C15H24BrIN4OS. The molecule has 1 rings (SSSR count). The molecule has 0 radical (unpaired) electrons. The van der Waals surface area contributed by atoms with Gasteiger partial charge in [0, 0.05) is 35.4 Å². The lowest BCUT2D eigenvalue weighted by Gasteiger charge is -2.11. The Morgan fingerprint density at radius 3 is 2.65 bits per heavy atom. The molecule has 0 bridgehead atoms. The van der Waals surface area contributed by atoms with E-state index < -0.39 is 0 Å². The lowest BCUT2D eigenvalue weighted by molar-refractivity contribution is 0.0954. The number of halogens is 2. The van der Waals surface area contributed by atoms with Crippen molar-refractivity contribution < 1.29 is 4.79 Å². The van der Waals surface area contributed by atoms with E-state index in [2.05, 4.69) is 43.1 Å². The van der Waals surface area contributed by atoms with Crippen LogP contribution in [0.25, 0.3) is 0 Å². The third kappa shape index (κ3) is 10.1. The third-order valence-corrected chi connectivity index (χ3v) is 3.78. The van der Waals surface area contributed by atoms with Crippen molar-refractivity contribution in [1.82, 2.24) is 16.0 Å². The van der Waals surface area contributed by atoms with E-state index in [-0.39, 0.29) is 29.9 Å². The van der Waals surface area contributed by atoms with Gasteiger partial charge in [-0.3, -0.25) is 9.79 Å². The number of nitrogens with zero attached hydrogens (tertiary/aromatic N) is 1. The summed E-state index contributed by atoms with van der Waals surface area (Å²) < 4.78 is 0.897. The molecule has 0 aliphatic heterocycles. The normalized spacial score (nSPS) is 10.7. The van der Waals surface area contributed by atoms with E-state index in [0.717, 1.165) is 29.3 Å². The molecule has 0 aliphatic carbocycles. The molecule has 0 aromatic heterocycles. The molecule has 5 nitrogen and oxygen atoms in total. The van der Waals surface area contributed by atoms with E-state index in [1.54, 1.807) is 23.9 Å². The van der Waals surface area contributed by atoms with E-state index in [1.807, 2.05) is 19.1 Å². The number of hydrogen-bond donors (Lipinski definition) is 3. The number of rotatable bonds is 8. The first-order valence-electron chi connectivity index (χ1n) is 7.22. The highest BCUT2D eigenvalue weighted by atomic mass is 127. The lowest BCUT2D eigenvalue weighted by atomic mass is 10.2. The molecule has 0 spiro atoms. The highest BCUT2D eigenvalue weighted by Crippen LogP contribution is 2.11. The topological polar surface area (TPSA) is 65.5 Å². The van der Waals surface area contributed by atoms with Crippen molar-refractivity contribution in [3.8, 4) is 0 Å². The van der Waals surface area contributed by atoms with E-state index >= 15 is 0 Å². The smallest absolute Gasteiger partial charge is 0.251 e. The van der Waals surface area contributed by atoms with Crippen LogP contribution in [-0.2, 0) is 0 Å². The highest BCUT2D eigenvalue weighted by molar-refractivity contribution is 14.0. The van der Waals surface area contributed by atoms with E-state index in [9.17, 15) is 4.79 Å². The Labute approximate surface area is 168 Å². The fourth-order valence-corrected chi connectivity index (χ4v) is 2.35. The second-order valence-corrected chi connectivity index (χ2v) is 6.35. The zero-order valence-electron chi connectivity index (χ0n) is 13.4. The average molecular weight is 515 g/mol. The van der Waals surface area contributed by atoms with Crippen LogP contribution < -0.4 is 16.0 Å². The molecule has 0 saturated carbocycles. The minimum absolute atomic E-state index is 0. The molecule has 1 aromatic rings. The van der Waals surface area contributed by atoms with Crippen molar-refractivity contribution in [2.75, 3.05) is 38.2 Å². The number of carbonyl (C=O) groups excluding carboxylic acids is 1. The van der Waals surface area contributed by atoms with Gasteiger partial charge in [0.2, 0.25) is 0 Å². The summed E-state index contributed by atoms with van der Waals surface area (Å²) in [6.07, 6.45) is 2.06. The van der Waals surface area contributed by atoms with Crippen LogP contribution in [0.1, 0.15) is 17.3 Å². The summed E-state index contributed by atoms with van der Waals surface area (Å²) in [5.74, 6) is 1.71. The van der Waals surface area contributed by atoms with Crippen molar-refractivity contribution in [2.24, 2.45) is 4.99 Å². The Bertz CT molecular complexity index is 502. The molecule has 0 saturated heterocycles. The molecule has 23 heavy (non-hydrogen) atoms. The van der Waals surface area contributed by atoms with Gasteiger partial charge in [-0.25, -0.2) is 0 Å². The maximum absolute atomic E-state index is 12.0. The maximum atomic E-state index is 12.0. The van der Waals surface area contributed by atoms with Crippen LogP contribution in [-0.4, -0.2) is 50.1 Å². The minimum Gasteiger partial charge on any atom is -0.357 e. The summed E-state index contributed by atoms with van der Waals surface area (Å²) >= 11 is 5.13. The maximum Gasteiger partial charge on any atom is 0.251 e. The molecule has 0 atom stereocenters. The lowest BCUT2D eigenvalue weighted by Crippen LogP contribution is -2.41. The van der Waals surface area contributed by atoms with E-state index in [0.29, 0.717) is 18.7 Å². The standard InChI is InChI=1S/C15H23BrN4OS.HI/c1-3-17-15(20-9-10-22-2)19-8-7-18-14(21)12-5-4-6-13(16)11-12;/h4-6,11H,3,7-10H2,1-2H3,(H,18,21)(H2,17,19,20);1H. The van der Waals surface area contributed by atoms with Crippen LogP contribution in [0.4, 0.5) is 0 Å². The summed E-state index contributed by atoms with van der Waals surface area (Å²) in [6, 6.07) is 7.34. The van der Waals surface area contributed by atoms with Gasteiger partial charge in [-0.1, -0.05) is 22.0 Å². The van der Waals surface area contributed by atoms with Crippen LogP contribution in [0.15, 0.2) is 33.7 Å². The number of benzene rings is 1. The predicted molar refractivity (Wildman–Crippen MR) is 114 cm³/mol. The molecule has 1 amide bonds. The molecule has 0 fully saturated rings. The Kier molecular flexibility index (Phi) is 13.6. The molecule has 1 aromatic carbocycles. The Morgan fingerprint density at radius 2 is 2.00 bits per heavy atom. The number of hydrogen-bond acceptors (Lipinski definition) is 3. The van der Waals surface area contributed by atoms with Gasteiger partial charge >= 0.3 is 0 Å². The zero-order valence-corrected chi connectivity index (χ0v) is 18.1. The summed E-state index contributed by atoms with van der Waals surface area (Å²) in [5.41, 5.74) is 0.648. The van der Waals surface area contributed by atoms with Gasteiger partial charge < -0.3 is 16.0 Å². The minimum atomic E-state index is -0.0765. The SMILES string of the molecule is CCNC(=NCCSC)NCCNC(=O)c1cccc(Br)c1.I. The number of thioether (sulfide) groups is 1. The number of guanidine groups is 1. The summed E-state index contributed by atoms with van der Waals surface area (Å²) in [7, 11) is 0. The largest absolute Gasteiger partial charge is 0.357 e. The molecular weight excluding hydrogens is 491 g/mol. The van der Waals surface area contributed by atoms with Gasteiger partial charge in [0.1, 0.15) is 0 Å². The molecule has 3 N–H and O–H groups in total. The highest BCUT2D eigenvalue weighted by Gasteiger charge is 2.04. The first-order valence-corrected chi connectivity index (χ1v) is 9.41. The molecule has 8 heteroatoms. The van der Waals surface area contributed by atoms with Crippen LogP contribution in [0, 0.1) is 0 Å². The van der Waals surface area contributed by atoms with Gasteiger partial charge in [-0.15, -0.1) is 24.0 Å². The molecule has 0 heterocycles. The van der Waals surface area contributed by atoms with Crippen LogP contribution in [0.2, 0.25) is 0 Å². The number of amides is 1. The fraction of sp³-hybridized carbons (Fsp3) is 0.467. The summed E-state index contributed by atoms with van der Waals surface area (Å²) in [6.45, 7) is 4.79. The zero-order chi connectivity index (χ0) is 16.2. The quantitative estimate of drug-likeness (QED) is 0.216. The summed E-state index contributed by atoms with van der Waals surface area (Å²) in [5, 5.41) is 9.26. The van der Waals surface area contributed by atoms with Crippen molar-refractivity contribution in [3.63, 3.8) is 0 Å². The second kappa shape index (κ2) is 13.9. The van der Waals surface area contributed by atoms with Gasteiger partial charge in [0.05, 0.1) is 6.54 Å². The van der Waals surface area contributed by atoms with Crippen molar-refractivity contribution >= 4 is 63.5 Å². The second-order valence-electron chi connectivity index (χ2n) is 4.45. The Morgan fingerprint density at radius 1 is 1.26 bits per heavy atom. The summed E-state index contributed by atoms with van der Waals surface area (Å²) in [4.78, 5) is 16.4. The Balaban J connectivity index is 0.00000484. The molecule has 130 valence electrons. The fourth-order valence-electron chi connectivity index (χ4n) is 1.68. The van der Waals surface area contributed by atoms with Gasteiger partial charge in [-0.05, 0) is 31.4 Å². The van der Waals surface area contributed by atoms with E-state index in [4.69, 9.17) is 0 Å². The first kappa shape index (κ1) is 22.5. The number of nitrogens with one attached hydrogen (secondary N) is 3. The molecule has 0 unspecified atom stereocenters. The molecule has 0 aliphatic rings. The predicted octanol–water partition coefficient (Wildman–Crippen LogP) is 2.72. The number of aliphatic imine (C=N–C) groups is 1. The average Bonchev–Trinajstić information content (AvgIpc) is 2.51. The Hall–Kier alpha value is -0.480. The van der Waals surface area contributed by atoms with E-state index in [1.165, 1.54) is 0 Å².